The summed E-state index contributed by atoms with van der Waals surface area (Å²) in [4.78, 5) is 7.77. The van der Waals surface area contributed by atoms with Gasteiger partial charge < -0.3 is 9.84 Å². The lowest BCUT2D eigenvalue weighted by Gasteiger charge is -2.09. The van der Waals surface area contributed by atoms with Gasteiger partial charge in [0.1, 0.15) is 12.1 Å². The molecule has 2 aromatic rings. The third-order valence-corrected chi connectivity index (χ3v) is 2.87. The molecule has 0 aliphatic carbocycles. The molecule has 4 nitrogen and oxygen atoms in total. The first-order chi connectivity index (χ1) is 8.20. The number of hydrogen-bond donors (Lipinski definition) is 1. The van der Waals surface area contributed by atoms with Gasteiger partial charge in [-0.25, -0.2) is 9.97 Å². The number of halogens is 2. The molecule has 0 amide bonds. The summed E-state index contributed by atoms with van der Waals surface area (Å²) in [5.74, 6) is 0.897. The van der Waals surface area contributed by atoms with Crippen molar-refractivity contribution in [3.8, 4) is 11.6 Å². The van der Waals surface area contributed by atoms with Gasteiger partial charge in [0.15, 0.2) is 0 Å². The molecule has 0 fully saturated rings. The van der Waals surface area contributed by atoms with Crippen molar-refractivity contribution in [2.75, 3.05) is 0 Å². The zero-order chi connectivity index (χ0) is 12.3. The van der Waals surface area contributed by atoms with Gasteiger partial charge in [0.25, 0.3) is 0 Å². The second-order valence-corrected chi connectivity index (χ2v) is 4.48. The predicted octanol–water partition coefficient (Wildman–Crippen LogP) is 3.18. The van der Waals surface area contributed by atoms with Gasteiger partial charge in [-0.3, -0.25) is 0 Å². The molecule has 0 atom stereocenters. The molecule has 0 spiro atoms. The van der Waals surface area contributed by atoms with E-state index in [1.54, 1.807) is 18.2 Å². The fraction of sp³-hybridized carbons (Fsp3) is 0.0909. The standard InChI is InChI=1S/C11H8BrClN2O2/c12-9-3-8(13)1-2-10(9)17-11-7(5-16)4-14-6-15-11/h1-4,6,16H,5H2. The summed E-state index contributed by atoms with van der Waals surface area (Å²) in [5, 5.41) is 9.72. The Balaban J connectivity index is 2.31. The Morgan fingerprint density at radius 3 is 2.94 bits per heavy atom. The van der Waals surface area contributed by atoms with Gasteiger partial charge in [-0.1, -0.05) is 11.6 Å². The molecule has 1 aromatic heterocycles. The van der Waals surface area contributed by atoms with E-state index in [-0.39, 0.29) is 6.61 Å². The Bertz CT molecular complexity index is 537. The first-order valence-electron chi connectivity index (χ1n) is 4.73. The van der Waals surface area contributed by atoms with Crippen LogP contribution in [0.2, 0.25) is 5.02 Å². The molecule has 0 aliphatic rings. The van der Waals surface area contributed by atoms with Crippen LogP contribution in [0.25, 0.3) is 0 Å². The second-order valence-electron chi connectivity index (χ2n) is 3.19. The molecule has 1 heterocycles. The third-order valence-electron chi connectivity index (χ3n) is 2.02. The zero-order valence-corrected chi connectivity index (χ0v) is 10.9. The normalized spacial score (nSPS) is 10.3. The zero-order valence-electron chi connectivity index (χ0n) is 8.60. The van der Waals surface area contributed by atoms with Crippen molar-refractivity contribution in [1.29, 1.82) is 0 Å². The number of aromatic nitrogens is 2. The highest BCUT2D eigenvalue weighted by molar-refractivity contribution is 9.10. The van der Waals surface area contributed by atoms with Crippen molar-refractivity contribution in [3.05, 3.63) is 45.8 Å². The molecule has 1 aromatic carbocycles. The van der Waals surface area contributed by atoms with Crippen molar-refractivity contribution in [2.45, 2.75) is 6.61 Å². The number of aliphatic hydroxyl groups excluding tert-OH is 1. The van der Waals surface area contributed by atoms with Crippen molar-refractivity contribution >= 4 is 27.5 Å². The number of ether oxygens (including phenoxy) is 1. The van der Waals surface area contributed by atoms with Crippen molar-refractivity contribution < 1.29 is 9.84 Å². The van der Waals surface area contributed by atoms with Gasteiger partial charge in [-0.05, 0) is 34.1 Å². The maximum Gasteiger partial charge on any atom is 0.227 e. The minimum absolute atomic E-state index is 0.179. The molecule has 0 aliphatic heterocycles. The van der Waals surface area contributed by atoms with E-state index in [0.29, 0.717) is 26.7 Å². The van der Waals surface area contributed by atoms with Crippen LogP contribution in [0.3, 0.4) is 0 Å². The van der Waals surface area contributed by atoms with Crippen LogP contribution in [0.1, 0.15) is 5.56 Å². The lowest BCUT2D eigenvalue weighted by Crippen LogP contribution is -1.96. The quantitative estimate of drug-likeness (QED) is 0.945. The Morgan fingerprint density at radius 2 is 2.24 bits per heavy atom. The summed E-state index contributed by atoms with van der Waals surface area (Å²) in [6, 6.07) is 5.15. The largest absolute Gasteiger partial charge is 0.437 e. The van der Waals surface area contributed by atoms with Crippen LogP contribution in [-0.4, -0.2) is 15.1 Å². The molecule has 0 saturated carbocycles. The van der Waals surface area contributed by atoms with Crippen LogP contribution in [0.4, 0.5) is 0 Å². The van der Waals surface area contributed by atoms with Crippen LogP contribution < -0.4 is 4.74 Å². The number of benzene rings is 1. The van der Waals surface area contributed by atoms with E-state index in [2.05, 4.69) is 25.9 Å². The van der Waals surface area contributed by atoms with Gasteiger partial charge in [0.2, 0.25) is 5.88 Å². The summed E-state index contributed by atoms with van der Waals surface area (Å²) in [5.41, 5.74) is 0.523. The van der Waals surface area contributed by atoms with Gasteiger partial charge in [0, 0.05) is 11.2 Å². The monoisotopic (exact) mass is 314 g/mol. The van der Waals surface area contributed by atoms with E-state index in [1.165, 1.54) is 12.5 Å². The van der Waals surface area contributed by atoms with Crippen LogP contribution in [-0.2, 0) is 6.61 Å². The van der Waals surface area contributed by atoms with E-state index in [1.807, 2.05) is 0 Å². The van der Waals surface area contributed by atoms with Crippen molar-refractivity contribution in [1.82, 2.24) is 9.97 Å². The number of rotatable bonds is 3. The lowest BCUT2D eigenvalue weighted by atomic mass is 10.3. The molecule has 0 bridgehead atoms. The third kappa shape index (κ3) is 2.94. The maximum absolute atomic E-state index is 9.12. The Morgan fingerprint density at radius 1 is 1.41 bits per heavy atom. The molecule has 17 heavy (non-hydrogen) atoms. The Hall–Kier alpha value is -1.17. The minimum atomic E-state index is -0.179. The smallest absolute Gasteiger partial charge is 0.227 e. The van der Waals surface area contributed by atoms with E-state index in [4.69, 9.17) is 21.4 Å². The molecule has 88 valence electrons. The highest BCUT2D eigenvalue weighted by Gasteiger charge is 2.08. The SMILES string of the molecule is OCc1cncnc1Oc1ccc(Cl)cc1Br. The van der Waals surface area contributed by atoms with Gasteiger partial charge in [-0.2, -0.15) is 0 Å². The topological polar surface area (TPSA) is 55.2 Å². The molecule has 1 N–H and O–H groups in total. The van der Waals surface area contributed by atoms with Crippen LogP contribution in [0.5, 0.6) is 11.6 Å². The fourth-order valence-corrected chi connectivity index (χ4v) is 1.97. The summed E-state index contributed by atoms with van der Waals surface area (Å²) < 4.78 is 6.28. The summed E-state index contributed by atoms with van der Waals surface area (Å²) in [7, 11) is 0. The lowest BCUT2D eigenvalue weighted by molar-refractivity contribution is 0.274. The van der Waals surface area contributed by atoms with Crippen LogP contribution in [0, 0.1) is 0 Å². The van der Waals surface area contributed by atoms with Crippen LogP contribution in [0.15, 0.2) is 35.2 Å². The first kappa shape index (κ1) is 12.3. The molecule has 0 unspecified atom stereocenters. The van der Waals surface area contributed by atoms with E-state index in [9.17, 15) is 0 Å². The summed E-state index contributed by atoms with van der Waals surface area (Å²) in [6.45, 7) is -0.179. The van der Waals surface area contributed by atoms with Crippen molar-refractivity contribution in [3.63, 3.8) is 0 Å². The maximum atomic E-state index is 9.12. The number of hydrogen-bond acceptors (Lipinski definition) is 4. The Labute approximate surface area is 111 Å². The van der Waals surface area contributed by atoms with Crippen molar-refractivity contribution in [2.24, 2.45) is 0 Å². The second kappa shape index (κ2) is 5.44. The average Bonchev–Trinajstić information content (AvgIpc) is 2.33. The highest BCUT2D eigenvalue weighted by Crippen LogP contribution is 2.32. The van der Waals surface area contributed by atoms with E-state index < -0.39 is 0 Å². The van der Waals surface area contributed by atoms with E-state index >= 15 is 0 Å². The summed E-state index contributed by atoms with van der Waals surface area (Å²) in [6.07, 6.45) is 2.87. The predicted molar refractivity (Wildman–Crippen MR) is 67.2 cm³/mol. The molecular formula is C11H8BrClN2O2. The van der Waals surface area contributed by atoms with Gasteiger partial charge in [0.05, 0.1) is 16.6 Å². The van der Waals surface area contributed by atoms with Crippen LogP contribution >= 0.6 is 27.5 Å². The van der Waals surface area contributed by atoms with Gasteiger partial charge >= 0.3 is 0 Å². The molecule has 6 heteroatoms. The summed E-state index contributed by atoms with van der Waals surface area (Å²) >= 11 is 9.16. The Kier molecular flexibility index (Phi) is 3.93. The molecular weight excluding hydrogens is 307 g/mol. The number of nitrogens with zero attached hydrogens (tertiary/aromatic N) is 2. The fourth-order valence-electron chi connectivity index (χ4n) is 1.21. The van der Waals surface area contributed by atoms with Gasteiger partial charge in [-0.15, -0.1) is 0 Å². The molecule has 0 radical (unpaired) electrons. The average molecular weight is 316 g/mol. The number of aliphatic hydroxyl groups is 1. The minimum Gasteiger partial charge on any atom is -0.437 e. The molecule has 0 saturated heterocycles. The highest BCUT2D eigenvalue weighted by atomic mass is 79.9. The first-order valence-corrected chi connectivity index (χ1v) is 5.90. The van der Waals surface area contributed by atoms with E-state index in [0.717, 1.165) is 0 Å². The molecule has 2 rings (SSSR count).